The quantitative estimate of drug-likeness (QED) is 0.745. The number of aromatic nitrogens is 1. The van der Waals surface area contributed by atoms with Crippen LogP contribution in [0.15, 0.2) is 33.3 Å². The van der Waals surface area contributed by atoms with Crippen molar-refractivity contribution in [3.63, 3.8) is 0 Å². The summed E-state index contributed by atoms with van der Waals surface area (Å²) < 4.78 is 6.76. The fourth-order valence-electron chi connectivity index (χ4n) is 1.94. The van der Waals surface area contributed by atoms with Crippen molar-refractivity contribution in [2.75, 3.05) is 6.54 Å². The van der Waals surface area contributed by atoms with Crippen molar-refractivity contribution < 1.29 is 4.42 Å². The Bertz CT molecular complexity index is 605. The lowest BCUT2D eigenvalue weighted by atomic mass is 10.1. The van der Waals surface area contributed by atoms with Gasteiger partial charge in [-0.3, -0.25) is 0 Å². The first-order chi connectivity index (χ1) is 9.85. The summed E-state index contributed by atoms with van der Waals surface area (Å²) in [5.74, 6) is 1.46. The van der Waals surface area contributed by atoms with Gasteiger partial charge in [0.2, 0.25) is 0 Å². The molecule has 21 heavy (non-hydrogen) atoms. The van der Waals surface area contributed by atoms with Gasteiger partial charge in [-0.2, -0.15) is 0 Å². The van der Waals surface area contributed by atoms with E-state index in [0.717, 1.165) is 35.3 Å². The molecule has 2 aromatic rings. The first-order valence-corrected chi connectivity index (χ1v) is 8.17. The highest BCUT2D eigenvalue weighted by Crippen LogP contribution is 2.31. The van der Waals surface area contributed by atoms with Gasteiger partial charge in [0.15, 0.2) is 11.7 Å². The summed E-state index contributed by atoms with van der Waals surface area (Å²) in [6.45, 7) is 7.42. The number of rotatable bonds is 5. The topological polar surface area (TPSA) is 38.1 Å². The number of halogens is 2. The van der Waals surface area contributed by atoms with Gasteiger partial charge in [-0.25, -0.2) is 4.98 Å². The Morgan fingerprint density at radius 2 is 2.10 bits per heavy atom. The zero-order chi connectivity index (χ0) is 15.5. The van der Waals surface area contributed by atoms with Gasteiger partial charge in [0.25, 0.3) is 0 Å². The number of nitrogens with one attached hydrogen (secondary N) is 1. The Hall–Kier alpha value is -0.840. The van der Waals surface area contributed by atoms with Crippen molar-refractivity contribution in [1.82, 2.24) is 10.3 Å². The summed E-state index contributed by atoms with van der Waals surface area (Å²) >= 11 is 9.64. The predicted molar refractivity (Wildman–Crippen MR) is 90.7 cm³/mol. The molecule has 0 saturated heterocycles. The number of hydrogen-bond acceptors (Lipinski definition) is 3. The average Bonchev–Trinajstić information content (AvgIpc) is 2.85. The van der Waals surface area contributed by atoms with E-state index in [0.29, 0.717) is 10.8 Å². The highest BCUT2D eigenvalue weighted by Gasteiger charge is 2.11. The molecule has 3 nitrogen and oxygen atoms in total. The molecular weight excluding hydrogens is 352 g/mol. The van der Waals surface area contributed by atoms with Gasteiger partial charge in [-0.05, 0) is 51.9 Å². The maximum absolute atomic E-state index is 6.20. The fraction of sp³-hybridized carbons (Fsp3) is 0.438. The molecule has 0 amide bonds. The lowest BCUT2D eigenvalue weighted by Crippen LogP contribution is -2.36. The largest absolute Gasteiger partial charge is 0.441 e. The van der Waals surface area contributed by atoms with Crippen molar-refractivity contribution in [3.8, 4) is 11.3 Å². The number of aryl methyl sites for hydroxylation is 1. The monoisotopic (exact) mass is 370 g/mol. The highest BCUT2D eigenvalue weighted by molar-refractivity contribution is 9.10. The first kappa shape index (κ1) is 16.5. The molecule has 0 unspecified atom stereocenters. The van der Waals surface area contributed by atoms with Crippen LogP contribution in [-0.2, 0) is 6.42 Å². The van der Waals surface area contributed by atoms with E-state index in [-0.39, 0.29) is 5.54 Å². The molecule has 0 aliphatic rings. The predicted octanol–water partition coefficient (Wildman–Crippen LogP) is 5.08. The minimum Gasteiger partial charge on any atom is -0.441 e. The highest BCUT2D eigenvalue weighted by atomic mass is 79.9. The molecule has 1 heterocycles. The summed E-state index contributed by atoms with van der Waals surface area (Å²) in [5.41, 5.74) is 1.00. The SMILES string of the molecule is CC(C)(C)NCCCc1ncc(-c2cc(Br)ccc2Cl)o1. The van der Waals surface area contributed by atoms with Crippen LogP contribution in [0.4, 0.5) is 0 Å². The molecule has 0 fully saturated rings. The van der Waals surface area contributed by atoms with E-state index in [2.05, 4.69) is 47.0 Å². The molecule has 1 aromatic heterocycles. The summed E-state index contributed by atoms with van der Waals surface area (Å²) in [5, 5.41) is 4.11. The van der Waals surface area contributed by atoms with Gasteiger partial charge in [0, 0.05) is 22.0 Å². The number of nitrogens with zero attached hydrogens (tertiary/aromatic N) is 1. The van der Waals surface area contributed by atoms with Gasteiger partial charge in [0.05, 0.1) is 11.2 Å². The number of hydrogen-bond donors (Lipinski definition) is 1. The molecular formula is C16H20BrClN2O. The second kappa shape index (κ2) is 6.95. The van der Waals surface area contributed by atoms with Gasteiger partial charge in [0.1, 0.15) is 0 Å². The van der Waals surface area contributed by atoms with Crippen LogP contribution < -0.4 is 5.32 Å². The van der Waals surface area contributed by atoms with E-state index in [4.69, 9.17) is 16.0 Å². The van der Waals surface area contributed by atoms with Gasteiger partial charge in [-0.1, -0.05) is 27.5 Å². The van der Waals surface area contributed by atoms with E-state index in [9.17, 15) is 0 Å². The number of oxazole rings is 1. The van der Waals surface area contributed by atoms with Crippen LogP contribution >= 0.6 is 27.5 Å². The molecule has 2 rings (SSSR count). The van der Waals surface area contributed by atoms with Crippen molar-refractivity contribution >= 4 is 27.5 Å². The van der Waals surface area contributed by atoms with Gasteiger partial charge >= 0.3 is 0 Å². The van der Waals surface area contributed by atoms with Crippen molar-refractivity contribution in [3.05, 3.63) is 39.8 Å². The second-order valence-electron chi connectivity index (χ2n) is 6.02. The third-order valence-corrected chi connectivity index (χ3v) is 3.79. The van der Waals surface area contributed by atoms with E-state index in [1.165, 1.54) is 0 Å². The zero-order valence-electron chi connectivity index (χ0n) is 12.5. The van der Waals surface area contributed by atoms with E-state index in [1.54, 1.807) is 6.20 Å². The molecule has 0 bridgehead atoms. The molecule has 1 aromatic carbocycles. The maximum atomic E-state index is 6.20. The fourth-order valence-corrected chi connectivity index (χ4v) is 2.51. The standard InChI is InChI=1S/C16H20BrClN2O/c1-16(2,3)20-8-4-5-15-19-10-14(21-15)12-9-11(17)6-7-13(12)18/h6-7,9-10,20H,4-5,8H2,1-3H3. The summed E-state index contributed by atoms with van der Waals surface area (Å²) in [4.78, 5) is 4.33. The molecule has 0 aliphatic heterocycles. The molecule has 1 N–H and O–H groups in total. The zero-order valence-corrected chi connectivity index (χ0v) is 14.9. The molecule has 114 valence electrons. The van der Waals surface area contributed by atoms with Crippen molar-refractivity contribution in [1.29, 1.82) is 0 Å². The first-order valence-electron chi connectivity index (χ1n) is 7.00. The minimum absolute atomic E-state index is 0.144. The molecule has 0 atom stereocenters. The van der Waals surface area contributed by atoms with E-state index >= 15 is 0 Å². The van der Waals surface area contributed by atoms with Gasteiger partial charge < -0.3 is 9.73 Å². The third-order valence-electron chi connectivity index (χ3n) is 2.97. The second-order valence-corrected chi connectivity index (χ2v) is 7.35. The Morgan fingerprint density at radius 3 is 2.81 bits per heavy atom. The van der Waals surface area contributed by atoms with Crippen LogP contribution in [0.25, 0.3) is 11.3 Å². The van der Waals surface area contributed by atoms with Crippen LogP contribution in [0.3, 0.4) is 0 Å². The van der Waals surface area contributed by atoms with Crippen LogP contribution in [0.5, 0.6) is 0 Å². The summed E-state index contributed by atoms with van der Waals surface area (Å²) in [6.07, 6.45) is 3.54. The van der Waals surface area contributed by atoms with Crippen LogP contribution in [0.2, 0.25) is 5.02 Å². The Kier molecular flexibility index (Phi) is 5.47. The normalized spacial score (nSPS) is 11.9. The lowest BCUT2D eigenvalue weighted by molar-refractivity contribution is 0.412. The molecule has 0 aliphatic carbocycles. The van der Waals surface area contributed by atoms with Crippen LogP contribution in [0, 0.1) is 0 Å². The Balaban J connectivity index is 1.97. The summed E-state index contributed by atoms with van der Waals surface area (Å²) in [6, 6.07) is 5.69. The molecule has 0 radical (unpaired) electrons. The third kappa shape index (κ3) is 5.13. The van der Waals surface area contributed by atoms with E-state index in [1.807, 2.05) is 18.2 Å². The minimum atomic E-state index is 0.144. The van der Waals surface area contributed by atoms with Crippen LogP contribution in [0.1, 0.15) is 33.1 Å². The molecule has 0 saturated carbocycles. The van der Waals surface area contributed by atoms with E-state index < -0.39 is 0 Å². The molecule has 5 heteroatoms. The Labute approximate surface area is 139 Å². The maximum Gasteiger partial charge on any atom is 0.194 e. The van der Waals surface area contributed by atoms with Crippen LogP contribution in [-0.4, -0.2) is 17.1 Å². The van der Waals surface area contributed by atoms with Gasteiger partial charge in [-0.15, -0.1) is 0 Å². The lowest BCUT2D eigenvalue weighted by Gasteiger charge is -2.20. The summed E-state index contributed by atoms with van der Waals surface area (Å²) in [7, 11) is 0. The molecule has 0 spiro atoms. The van der Waals surface area contributed by atoms with Crippen molar-refractivity contribution in [2.24, 2.45) is 0 Å². The van der Waals surface area contributed by atoms with Crippen molar-refractivity contribution in [2.45, 2.75) is 39.2 Å². The average molecular weight is 372 g/mol. The number of benzene rings is 1. The Morgan fingerprint density at radius 1 is 1.33 bits per heavy atom. The smallest absolute Gasteiger partial charge is 0.194 e.